The number of unbranched alkanes of at least 4 members (excludes halogenated alkanes) is 18. The summed E-state index contributed by atoms with van der Waals surface area (Å²) in [4.78, 5) is 78.7. The number of ether oxygens (including phenoxy) is 9. The molecular formula is C78H120O18. The highest BCUT2D eigenvalue weighted by Gasteiger charge is 2.29. The van der Waals surface area contributed by atoms with E-state index in [2.05, 4.69) is 40.9 Å². The van der Waals surface area contributed by atoms with Crippen LogP contribution < -0.4 is 9.47 Å². The summed E-state index contributed by atoms with van der Waals surface area (Å²) in [6.45, 7) is 16.6. The third kappa shape index (κ3) is 40.5. The van der Waals surface area contributed by atoms with Crippen molar-refractivity contribution in [1.82, 2.24) is 0 Å². The molecule has 2 aromatic rings. The molecule has 0 amide bonds. The zero-order chi connectivity index (χ0) is 70.0. The van der Waals surface area contributed by atoms with Gasteiger partial charge in [0.15, 0.2) is 18.0 Å². The summed E-state index contributed by atoms with van der Waals surface area (Å²) in [6.07, 6.45) is 32.4. The van der Waals surface area contributed by atoms with Gasteiger partial charge in [0.05, 0.1) is 56.4 Å². The average molecular weight is 1350 g/mol. The van der Waals surface area contributed by atoms with Gasteiger partial charge in [-0.1, -0.05) is 205 Å². The Morgan fingerprint density at radius 2 is 0.958 bits per heavy atom. The molecule has 96 heavy (non-hydrogen) atoms. The standard InChI is InChI=1S/C78H120O18/c1-8-12-14-16-25-31-37-61(72(82)59-88-52-65(80)39-33-27-21-18-20-24-30-36-60(5)79)50-75(85)95-70(57-92-73(83)10-3)55-89-67-46-42-63(43-47-67)78(6,7)64-44-48-68(49-45-64)90-56-71(58-93-74(84)11-4)96-76(86)51-62(38-32-26-17-15-13-9-2)77(87)94-53-66(81)40-34-28-22-19-23-29-35-41-69-54-91-69/h10-11,25-26,31-32,42-49,60-62,65-66,69-71,79-81H,3-4,8-9,12-24,27-30,33-41,50-59H2,1-2,5-7H3. The minimum atomic E-state index is -1.04. The van der Waals surface area contributed by atoms with Gasteiger partial charge in [-0.25, -0.2) is 9.59 Å². The van der Waals surface area contributed by atoms with Crippen molar-refractivity contribution in [3.05, 3.63) is 109 Å². The fourth-order valence-electron chi connectivity index (χ4n) is 10.9. The smallest absolute Gasteiger partial charge is 0.330 e. The summed E-state index contributed by atoms with van der Waals surface area (Å²) < 4.78 is 51.0. The molecule has 1 heterocycles. The van der Waals surface area contributed by atoms with Crippen LogP contribution in [0.3, 0.4) is 0 Å². The van der Waals surface area contributed by atoms with Crippen molar-refractivity contribution < 1.29 is 86.7 Å². The first-order valence-corrected chi connectivity index (χ1v) is 36.0. The summed E-state index contributed by atoms with van der Waals surface area (Å²) in [5.74, 6) is -4.42. The van der Waals surface area contributed by atoms with Crippen molar-refractivity contribution >= 4 is 35.6 Å². The van der Waals surface area contributed by atoms with Crippen LogP contribution in [0.4, 0.5) is 0 Å². The molecule has 0 spiro atoms. The molecule has 540 valence electrons. The summed E-state index contributed by atoms with van der Waals surface area (Å²) in [5, 5.41) is 30.7. The maximum atomic E-state index is 13.6. The van der Waals surface area contributed by atoms with Crippen LogP contribution in [0.1, 0.15) is 238 Å². The van der Waals surface area contributed by atoms with Crippen LogP contribution in [-0.4, -0.2) is 140 Å². The molecule has 3 rings (SSSR count). The molecule has 1 fully saturated rings. The lowest BCUT2D eigenvalue weighted by atomic mass is 9.78. The Kier molecular flexibility index (Phi) is 45.5. The number of aliphatic hydroxyl groups is 3. The fourth-order valence-corrected chi connectivity index (χ4v) is 10.9. The van der Waals surface area contributed by atoms with Crippen LogP contribution in [0.25, 0.3) is 0 Å². The van der Waals surface area contributed by atoms with E-state index in [0.717, 1.165) is 165 Å². The molecule has 8 atom stereocenters. The Bertz CT molecular complexity index is 2520. The number of carbonyl (C=O) groups is 6. The zero-order valence-corrected chi connectivity index (χ0v) is 59.0. The minimum absolute atomic E-state index is 0.00496. The average Bonchev–Trinajstić information content (AvgIpc) is 0.855. The lowest BCUT2D eigenvalue weighted by Crippen LogP contribution is -2.32. The Labute approximate surface area is 574 Å². The van der Waals surface area contributed by atoms with E-state index in [9.17, 15) is 44.1 Å². The number of ketones is 1. The van der Waals surface area contributed by atoms with Crippen molar-refractivity contribution in [2.24, 2.45) is 11.8 Å². The van der Waals surface area contributed by atoms with E-state index >= 15 is 0 Å². The minimum Gasteiger partial charge on any atom is -0.490 e. The highest BCUT2D eigenvalue weighted by atomic mass is 16.6. The molecular weight excluding hydrogens is 1220 g/mol. The second kappa shape index (κ2) is 52.0. The Morgan fingerprint density at radius 1 is 0.531 bits per heavy atom. The first-order valence-electron chi connectivity index (χ1n) is 36.0. The first kappa shape index (κ1) is 84.0. The Hall–Kier alpha value is -6.18. The summed E-state index contributed by atoms with van der Waals surface area (Å²) in [5.41, 5.74) is 1.35. The van der Waals surface area contributed by atoms with Crippen LogP contribution in [0.15, 0.2) is 98.1 Å². The molecule has 0 bridgehead atoms. The first-order chi connectivity index (χ1) is 46.4. The highest BCUT2D eigenvalue weighted by Crippen LogP contribution is 2.34. The van der Waals surface area contributed by atoms with Crippen LogP contribution in [0.5, 0.6) is 11.5 Å². The second-order valence-electron chi connectivity index (χ2n) is 26.2. The molecule has 0 aromatic heterocycles. The largest absolute Gasteiger partial charge is 0.490 e. The molecule has 8 unspecified atom stereocenters. The second-order valence-corrected chi connectivity index (χ2v) is 26.2. The lowest BCUT2D eigenvalue weighted by Gasteiger charge is -2.27. The molecule has 0 saturated carbocycles. The number of carbonyl (C=O) groups excluding carboxylic acids is 6. The Morgan fingerprint density at radius 3 is 1.41 bits per heavy atom. The van der Waals surface area contributed by atoms with Crippen molar-refractivity contribution in [3.63, 3.8) is 0 Å². The third-order valence-electron chi connectivity index (χ3n) is 17.1. The summed E-state index contributed by atoms with van der Waals surface area (Å²) in [6, 6.07) is 14.8. The van der Waals surface area contributed by atoms with Crippen molar-refractivity contribution in [2.45, 2.75) is 269 Å². The van der Waals surface area contributed by atoms with Gasteiger partial charge in [0, 0.05) is 23.5 Å². The van der Waals surface area contributed by atoms with Gasteiger partial charge in [0.1, 0.15) is 51.1 Å². The van der Waals surface area contributed by atoms with E-state index < -0.39 is 71.5 Å². The number of rotatable bonds is 60. The fraction of sp³-hybridized carbons (Fsp3) is 0.667. The van der Waals surface area contributed by atoms with E-state index in [0.29, 0.717) is 36.9 Å². The molecule has 1 aliphatic heterocycles. The highest BCUT2D eigenvalue weighted by molar-refractivity contribution is 5.86. The normalized spacial score (nSPS) is 15.2. The zero-order valence-electron chi connectivity index (χ0n) is 59.0. The SMILES string of the molecule is C=CC(=O)OCC(COc1ccc(C(C)(C)c2ccc(OCC(COC(=O)C=C)OC(=O)CC(CC=CCCCCC)C(=O)OCC(O)CCCCCCCCCC3CO3)cc2)cc1)OC(=O)CC(CC=CCCCCC)C(=O)COCC(O)CCCCCCCCCC(C)O. The third-order valence-corrected chi connectivity index (χ3v) is 17.1. The molecule has 1 saturated heterocycles. The van der Waals surface area contributed by atoms with Gasteiger partial charge in [-0.15, -0.1) is 0 Å². The number of benzene rings is 2. The van der Waals surface area contributed by atoms with Gasteiger partial charge < -0.3 is 58.0 Å². The van der Waals surface area contributed by atoms with Gasteiger partial charge in [0.2, 0.25) is 0 Å². The van der Waals surface area contributed by atoms with E-state index in [1.165, 1.54) is 19.3 Å². The van der Waals surface area contributed by atoms with Crippen LogP contribution in [-0.2, 0) is 67.3 Å². The number of hydrogen-bond acceptors (Lipinski definition) is 18. The molecule has 0 radical (unpaired) electrons. The number of epoxide rings is 1. The topological polar surface area (TPSA) is 249 Å². The van der Waals surface area contributed by atoms with Gasteiger partial charge in [-0.3, -0.25) is 19.2 Å². The Balaban J connectivity index is 1.59. The predicted molar refractivity (Wildman–Crippen MR) is 373 cm³/mol. The number of Topliss-reactive ketones (excluding diaryl/α,β-unsaturated/α-hetero) is 1. The van der Waals surface area contributed by atoms with Gasteiger partial charge in [0.25, 0.3) is 0 Å². The van der Waals surface area contributed by atoms with Gasteiger partial charge in [-0.05, 0) is 107 Å². The quantitative estimate of drug-likeness (QED) is 0.0139. The van der Waals surface area contributed by atoms with Crippen LogP contribution >= 0.6 is 0 Å². The maximum Gasteiger partial charge on any atom is 0.330 e. The maximum absolute atomic E-state index is 13.6. The lowest BCUT2D eigenvalue weighted by molar-refractivity contribution is -0.163. The molecule has 18 heteroatoms. The monoisotopic (exact) mass is 1340 g/mol. The van der Waals surface area contributed by atoms with Crippen molar-refractivity contribution in [2.75, 3.05) is 52.9 Å². The van der Waals surface area contributed by atoms with Crippen LogP contribution in [0, 0.1) is 11.8 Å². The molecule has 3 N–H and O–H groups in total. The summed E-state index contributed by atoms with van der Waals surface area (Å²) in [7, 11) is 0. The van der Waals surface area contributed by atoms with E-state index in [1.807, 2.05) is 55.5 Å². The number of allylic oxidation sites excluding steroid dienone is 4. The number of esters is 5. The van der Waals surface area contributed by atoms with Crippen molar-refractivity contribution in [3.8, 4) is 11.5 Å². The van der Waals surface area contributed by atoms with Crippen LogP contribution in [0.2, 0.25) is 0 Å². The molecule has 2 aromatic carbocycles. The van der Waals surface area contributed by atoms with Gasteiger partial charge in [-0.2, -0.15) is 0 Å². The van der Waals surface area contributed by atoms with E-state index in [-0.39, 0.29) is 77.4 Å². The predicted octanol–water partition coefficient (Wildman–Crippen LogP) is 14.8. The molecule has 18 nitrogen and oxygen atoms in total. The summed E-state index contributed by atoms with van der Waals surface area (Å²) >= 11 is 0. The molecule has 1 aliphatic rings. The number of aliphatic hydroxyl groups excluding tert-OH is 3. The molecule has 0 aliphatic carbocycles. The van der Waals surface area contributed by atoms with Gasteiger partial charge >= 0.3 is 29.8 Å². The van der Waals surface area contributed by atoms with E-state index in [4.69, 9.17) is 42.6 Å². The number of hydrogen-bond donors (Lipinski definition) is 3. The van der Waals surface area contributed by atoms with E-state index in [1.54, 1.807) is 24.3 Å². The van der Waals surface area contributed by atoms with Crippen molar-refractivity contribution in [1.29, 1.82) is 0 Å².